The maximum Gasteiger partial charge on any atom is 0.153 e. The van der Waals surface area contributed by atoms with Gasteiger partial charge >= 0.3 is 0 Å². The molecule has 0 saturated heterocycles. The molecule has 2 N–H and O–H groups in total. The van der Waals surface area contributed by atoms with Crippen LogP contribution in [0.3, 0.4) is 0 Å². The summed E-state index contributed by atoms with van der Waals surface area (Å²) in [5.41, 5.74) is 9.39. The van der Waals surface area contributed by atoms with E-state index in [1.807, 2.05) is 49.4 Å². The molecule has 2 nitrogen and oxygen atoms in total. The molecule has 18 heavy (non-hydrogen) atoms. The Morgan fingerprint density at radius 2 is 1.94 bits per heavy atom. The van der Waals surface area contributed by atoms with Gasteiger partial charge in [0.1, 0.15) is 5.76 Å². The quantitative estimate of drug-likeness (QED) is 0.645. The number of nitrogen functional groups attached to an aromatic ring is 1. The topological polar surface area (TPSA) is 39.2 Å². The van der Waals surface area contributed by atoms with Gasteiger partial charge in [-0.2, -0.15) is 0 Å². The van der Waals surface area contributed by atoms with E-state index in [0.29, 0.717) is 5.02 Å². The van der Waals surface area contributed by atoms with Crippen molar-refractivity contribution >= 4 is 28.3 Å². The largest absolute Gasteiger partial charge is 0.455 e. The van der Waals surface area contributed by atoms with Crippen molar-refractivity contribution in [2.45, 2.75) is 6.92 Å². The summed E-state index contributed by atoms with van der Waals surface area (Å²) >= 11 is 6.11. The average molecular weight is 258 g/mol. The molecule has 0 saturated carbocycles. The van der Waals surface area contributed by atoms with E-state index in [-0.39, 0.29) is 0 Å². The molecule has 0 aliphatic carbocycles. The lowest BCUT2D eigenvalue weighted by molar-refractivity contribution is 0.631. The molecule has 2 aromatic carbocycles. The summed E-state index contributed by atoms with van der Waals surface area (Å²) in [4.78, 5) is 0. The molecule has 0 spiro atoms. The minimum absolute atomic E-state index is 0.625. The third-order valence-electron chi connectivity index (χ3n) is 3.02. The second-order valence-corrected chi connectivity index (χ2v) is 4.75. The minimum atomic E-state index is 0.625. The van der Waals surface area contributed by atoms with E-state index in [0.717, 1.165) is 33.5 Å². The molecule has 0 atom stereocenters. The number of aryl methyl sites for hydroxylation is 1. The number of rotatable bonds is 1. The standard InChI is InChI=1S/C15H12ClNO/c1-9-5-6-11(17)8-12(9)14-7-10-3-2-4-13(16)15(10)18-14/h2-8H,17H2,1H3. The average Bonchev–Trinajstić information content (AvgIpc) is 2.77. The van der Waals surface area contributed by atoms with Gasteiger partial charge in [0.2, 0.25) is 0 Å². The highest BCUT2D eigenvalue weighted by Gasteiger charge is 2.10. The molecule has 0 unspecified atom stereocenters. The van der Waals surface area contributed by atoms with Gasteiger partial charge in [0.05, 0.1) is 5.02 Å². The lowest BCUT2D eigenvalue weighted by Crippen LogP contribution is -1.87. The van der Waals surface area contributed by atoms with E-state index in [1.165, 1.54) is 0 Å². The van der Waals surface area contributed by atoms with Gasteiger partial charge in [-0.3, -0.25) is 0 Å². The van der Waals surface area contributed by atoms with Gasteiger partial charge in [0.25, 0.3) is 0 Å². The van der Waals surface area contributed by atoms with Gasteiger partial charge in [-0.15, -0.1) is 0 Å². The molecule has 3 heteroatoms. The van der Waals surface area contributed by atoms with Crippen molar-refractivity contribution < 1.29 is 4.42 Å². The number of halogens is 1. The number of benzene rings is 2. The van der Waals surface area contributed by atoms with Crippen molar-refractivity contribution in [2.24, 2.45) is 0 Å². The Morgan fingerprint density at radius 1 is 1.11 bits per heavy atom. The Morgan fingerprint density at radius 3 is 2.72 bits per heavy atom. The maximum absolute atomic E-state index is 6.11. The van der Waals surface area contributed by atoms with Crippen LogP contribution in [0.1, 0.15) is 5.56 Å². The van der Waals surface area contributed by atoms with E-state index >= 15 is 0 Å². The van der Waals surface area contributed by atoms with Gasteiger partial charge in [-0.1, -0.05) is 29.8 Å². The van der Waals surface area contributed by atoms with Crippen molar-refractivity contribution in [3.05, 3.63) is 53.1 Å². The number of furan rings is 1. The summed E-state index contributed by atoms with van der Waals surface area (Å²) in [5, 5.41) is 1.62. The van der Waals surface area contributed by atoms with Crippen LogP contribution >= 0.6 is 11.6 Å². The zero-order valence-corrected chi connectivity index (χ0v) is 10.7. The van der Waals surface area contributed by atoms with E-state index in [9.17, 15) is 0 Å². The molecule has 3 aromatic rings. The normalized spacial score (nSPS) is 11.0. The third-order valence-corrected chi connectivity index (χ3v) is 3.32. The van der Waals surface area contributed by atoms with Crippen LogP contribution in [0.25, 0.3) is 22.3 Å². The Balaban J connectivity index is 2.26. The smallest absolute Gasteiger partial charge is 0.153 e. The summed E-state index contributed by atoms with van der Waals surface area (Å²) in [6.45, 7) is 2.03. The molecule has 0 radical (unpaired) electrons. The molecule has 0 aliphatic heterocycles. The lowest BCUT2D eigenvalue weighted by atomic mass is 10.1. The first-order valence-electron chi connectivity index (χ1n) is 5.70. The van der Waals surface area contributed by atoms with E-state index in [4.69, 9.17) is 21.8 Å². The van der Waals surface area contributed by atoms with Gasteiger partial charge in [-0.25, -0.2) is 0 Å². The van der Waals surface area contributed by atoms with E-state index in [1.54, 1.807) is 0 Å². The lowest BCUT2D eigenvalue weighted by Gasteiger charge is -2.03. The molecule has 0 amide bonds. The number of nitrogens with two attached hydrogens (primary N) is 1. The molecule has 0 bridgehead atoms. The molecular formula is C15H12ClNO. The summed E-state index contributed by atoms with van der Waals surface area (Å²) in [7, 11) is 0. The Labute approximate surface area is 110 Å². The van der Waals surface area contributed by atoms with Crippen LogP contribution in [0.2, 0.25) is 5.02 Å². The molecule has 3 rings (SSSR count). The Bertz CT molecular complexity index is 730. The predicted molar refractivity (Wildman–Crippen MR) is 75.8 cm³/mol. The maximum atomic E-state index is 6.11. The SMILES string of the molecule is Cc1ccc(N)cc1-c1cc2cccc(Cl)c2o1. The van der Waals surface area contributed by atoms with Crippen molar-refractivity contribution in [1.82, 2.24) is 0 Å². The highest BCUT2D eigenvalue weighted by molar-refractivity contribution is 6.34. The zero-order chi connectivity index (χ0) is 12.7. The van der Waals surface area contributed by atoms with Crippen LogP contribution < -0.4 is 5.73 Å². The van der Waals surface area contributed by atoms with Crippen LogP contribution in [0.4, 0.5) is 5.69 Å². The number of hydrogen-bond acceptors (Lipinski definition) is 2. The van der Waals surface area contributed by atoms with Crippen molar-refractivity contribution in [2.75, 3.05) is 5.73 Å². The molecule has 0 fully saturated rings. The first-order valence-corrected chi connectivity index (χ1v) is 6.07. The Kier molecular flexibility index (Phi) is 2.53. The Hall–Kier alpha value is -1.93. The predicted octanol–water partition coefficient (Wildman–Crippen LogP) is 4.64. The fraction of sp³-hybridized carbons (Fsp3) is 0.0667. The summed E-state index contributed by atoms with van der Waals surface area (Å²) in [6, 6.07) is 13.5. The minimum Gasteiger partial charge on any atom is -0.455 e. The molecule has 90 valence electrons. The highest BCUT2D eigenvalue weighted by atomic mass is 35.5. The van der Waals surface area contributed by atoms with Crippen molar-refractivity contribution in [1.29, 1.82) is 0 Å². The number of hydrogen-bond donors (Lipinski definition) is 1. The van der Waals surface area contributed by atoms with Crippen LogP contribution in [-0.4, -0.2) is 0 Å². The molecule has 0 aliphatic rings. The zero-order valence-electron chi connectivity index (χ0n) is 9.91. The summed E-state index contributed by atoms with van der Waals surface area (Å²) < 4.78 is 5.83. The van der Waals surface area contributed by atoms with Crippen LogP contribution in [0, 0.1) is 6.92 Å². The van der Waals surface area contributed by atoms with E-state index in [2.05, 4.69) is 0 Å². The van der Waals surface area contributed by atoms with Gasteiger partial charge in [0, 0.05) is 16.6 Å². The fourth-order valence-electron chi connectivity index (χ4n) is 2.07. The monoisotopic (exact) mass is 257 g/mol. The van der Waals surface area contributed by atoms with E-state index < -0.39 is 0 Å². The summed E-state index contributed by atoms with van der Waals surface area (Å²) in [6.07, 6.45) is 0. The molecular weight excluding hydrogens is 246 g/mol. The van der Waals surface area contributed by atoms with Crippen molar-refractivity contribution in [3.8, 4) is 11.3 Å². The molecule has 1 aromatic heterocycles. The fourth-order valence-corrected chi connectivity index (χ4v) is 2.29. The second kappa shape index (κ2) is 4.07. The van der Waals surface area contributed by atoms with Crippen molar-refractivity contribution in [3.63, 3.8) is 0 Å². The number of fused-ring (bicyclic) bond motifs is 1. The molecule has 1 heterocycles. The highest BCUT2D eigenvalue weighted by Crippen LogP contribution is 2.34. The van der Waals surface area contributed by atoms with Gasteiger partial charge in [0.15, 0.2) is 5.58 Å². The first kappa shape index (κ1) is 11.2. The summed E-state index contributed by atoms with van der Waals surface area (Å²) in [5.74, 6) is 0.794. The third kappa shape index (κ3) is 1.75. The van der Waals surface area contributed by atoms with Crippen LogP contribution in [0.5, 0.6) is 0 Å². The van der Waals surface area contributed by atoms with Gasteiger partial charge < -0.3 is 10.2 Å². The first-order chi connectivity index (χ1) is 8.65. The second-order valence-electron chi connectivity index (χ2n) is 4.34. The number of para-hydroxylation sites is 1. The van der Waals surface area contributed by atoms with Crippen LogP contribution in [0.15, 0.2) is 46.9 Å². The number of anilines is 1. The van der Waals surface area contributed by atoms with Crippen LogP contribution in [-0.2, 0) is 0 Å². The van der Waals surface area contributed by atoms with Gasteiger partial charge in [-0.05, 0) is 36.8 Å².